The zero-order valence-corrected chi connectivity index (χ0v) is 9.87. The number of nitrogens with zero attached hydrogens (tertiary/aromatic N) is 1. The van der Waals surface area contributed by atoms with Crippen LogP contribution in [0.1, 0.15) is 13.8 Å². The fourth-order valence-corrected chi connectivity index (χ4v) is 2.89. The van der Waals surface area contributed by atoms with Crippen molar-refractivity contribution in [2.45, 2.75) is 25.9 Å². The maximum atomic E-state index is 11.2. The molecule has 0 saturated carbocycles. The lowest BCUT2D eigenvalue weighted by Crippen LogP contribution is -2.48. The zero-order valence-electron chi connectivity index (χ0n) is 8.23. The summed E-state index contributed by atoms with van der Waals surface area (Å²) in [4.78, 5) is 2.33. The Morgan fingerprint density at radius 2 is 2.31 bits per heavy atom. The van der Waals surface area contributed by atoms with E-state index in [1.54, 1.807) is 0 Å². The Labute approximate surface area is 88.9 Å². The molecule has 0 amide bonds. The lowest BCUT2D eigenvalue weighted by molar-refractivity contribution is 0.219. The third kappa shape index (κ3) is 4.40. The highest BCUT2D eigenvalue weighted by Gasteiger charge is 2.22. The molecule has 13 heavy (non-hydrogen) atoms. The van der Waals surface area contributed by atoms with Crippen molar-refractivity contribution < 1.29 is 4.21 Å². The number of nitrogens with two attached hydrogens (primary N) is 1. The van der Waals surface area contributed by atoms with E-state index in [-0.39, 0.29) is 18.4 Å². The molecule has 3 unspecified atom stereocenters. The molecule has 1 saturated heterocycles. The molecule has 2 N–H and O–H groups in total. The van der Waals surface area contributed by atoms with Gasteiger partial charge >= 0.3 is 0 Å². The quantitative estimate of drug-likeness (QED) is 0.732. The molecular weight excluding hydrogens is 208 g/mol. The summed E-state index contributed by atoms with van der Waals surface area (Å²) < 4.78 is 11.2. The first-order chi connectivity index (χ1) is 5.59. The molecule has 1 rings (SSSR count). The van der Waals surface area contributed by atoms with E-state index in [4.69, 9.17) is 5.73 Å². The predicted molar refractivity (Wildman–Crippen MR) is 59.8 cm³/mol. The minimum Gasteiger partial charge on any atom is -0.327 e. The first kappa shape index (κ1) is 13.4. The predicted octanol–water partition coefficient (Wildman–Crippen LogP) is 0.208. The van der Waals surface area contributed by atoms with Crippen LogP contribution >= 0.6 is 12.4 Å². The largest absolute Gasteiger partial charge is 0.327 e. The van der Waals surface area contributed by atoms with E-state index in [2.05, 4.69) is 11.8 Å². The van der Waals surface area contributed by atoms with Crippen molar-refractivity contribution in [3.63, 3.8) is 0 Å². The van der Waals surface area contributed by atoms with Crippen LogP contribution in [0.3, 0.4) is 0 Å². The summed E-state index contributed by atoms with van der Waals surface area (Å²) in [5.74, 6) is 1.63. The summed E-state index contributed by atoms with van der Waals surface area (Å²) in [6.45, 7) is 6.01. The molecule has 5 heteroatoms. The van der Waals surface area contributed by atoms with Gasteiger partial charge in [-0.1, -0.05) is 0 Å². The monoisotopic (exact) mass is 226 g/mol. The van der Waals surface area contributed by atoms with E-state index < -0.39 is 10.8 Å². The maximum Gasteiger partial charge on any atom is 0.0388 e. The second kappa shape index (κ2) is 5.96. The zero-order chi connectivity index (χ0) is 9.14. The maximum absolute atomic E-state index is 11.2. The van der Waals surface area contributed by atoms with Crippen LogP contribution in [-0.2, 0) is 10.8 Å². The van der Waals surface area contributed by atoms with Crippen molar-refractivity contribution in [1.29, 1.82) is 0 Å². The molecular formula is C8H19ClN2OS. The molecule has 0 aliphatic carbocycles. The van der Waals surface area contributed by atoms with Gasteiger partial charge in [0.25, 0.3) is 0 Å². The van der Waals surface area contributed by atoms with Crippen molar-refractivity contribution in [3.8, 4) is 0 Å². The van der Waals surface area contributed by atoms with Crippen molar-refractivity contribution in [3.05, 3.63) is 0 Å². The fourth-order valence-electron chi connectivity index (χ4n) is 1.54. The lowest BCUT2D eigenvalue weighted by Gasteiger charge is -2.33. The van der Waals surface area contributed by atoms with Gasteiger partial charge in [-0.25, -0.2) is 0 Å². The Hall–Kier alpha value is 0.360. The smallest absolute Gasteiger partial charge is 0.0388 e. The molecule has 1 fully saturated rings. The summed E-state index contributed by atoms with van der Waals surface area (Å²) in [7, 11) is -0.588. The summed E-state index contributed by atoms with van der Waals surface area (Å²) in [5, 5.41) is 0. The number of rotatable bonds is 2. The van der Waals surface area contributed by atoms with E-state index in [1.807, 2.05) is 6.92 Å². The summed E-state index contributed by atoms with van der Waals surface area (Å²) in [6.07, 6.45) is 0. The lowest BCUT2D eigenvalue weighted by atomic mass is 10.2. The SMILES string of the molecule is CC(N)CN1CCS(=O)CC1C.Cl. The average Bonchev–Trinajstić information content (AvgIpc) is 1.94. The van der Waals surface area contributed by atoms with E-state index >= 15 is 0 Å². The van der Waals surface area contributed by atoms with Crippen molar-refractivity contribution in [1.82, 2.24) is 4.90 Å². The Morgan fingerprint density at radius 1 is 1.69 bits per heavy atom. The van der Waals surface area contributed by atoms with Gasteiger partial charge < -0.3 is 5.73 Å². The summed E-state index contributed by atoms with van der Waals surface area (Å²) in [6, 6.07) is 0.657. The molecule has 0 aromatic heterocycles. The first-order valence-corrected chi connectivity index (χ1v) is 5.93. The van der Waals surface area contributed by atoms with Crippen molar-refractivity contribution in [2.24, 2.45) is 5.73 Å². The van der Waals surface area contributed by atoms with Gasteiger partial charge in [0, 0.05) is 47.5 Å². The van der Waals surface area contributed by atoms with Gasteiger partial charge in [-0.2, -0.15) is 0 Å². The molecule has 3 nitrogen and oxygen atoms in total. The van der Waals surface area contributed by atoms with Crippen LogP contribution in [0.2, 0.25) is 0 Å². The topological polar surface area (TPSA) is 46.3 Å². The highest BCUT2D eigenvalue weighted by Crippen LogP contribution is 2.08. The standard InChI is InChI=1S/C8H18N2OS.ClH/c1-7(9)5-10-3-4-12(11)6-8(10)2;/h7-8H,3-6,9H2,1-2H3;1H. The molecule has 0 aromatic rings. The minimum atomic E-state index is -0.588. The first-order valence-electron chi connectivity index (χ1n) is 4.44. The number of hydrogen-bond acceptors (Lipinski definition) is 3. The van der Waals surface area contributed by atoms with Gasteiger partial charge in [-0.05, 0) is 13.8 Å². The van der Waals surface area contributed by atoms with E-state index in [1.165, 1.54) is 0 Å². The van der Waals surface area contributed by atoms with Gasteiger partial charge in [0.05, 0.1) is 0 Å². The third-order valence-corrected chi connectivity index (χ3v) is 3.67. The van der Waals surface area contributed by atoms with Crippen LogP contribution in [0.5, 0.6) is 0 Å². The van der Waals surface area contributed by atoms with E-state index in [0.717, 1.165) is 24.6 Å². The highest BCUT2D eigenvalue weighted by atomic mass is 35.5. The second-order valence-corrected chi connectivity index (χ2v) is 5.25. The molecule has 1 heterocycles. The summed E-state index contributed by atoms with van der Waals surface area (Å²) in [5.41, 5.74) is 5.70. The van der Waals surface area contributed by atoms with Crippen LogP contribution in [0.15, 0.2) is 0 Å². The Bertz CT molecular complexity index is 178. The fraction of sp³-hybridized carbons (Fsp3) is 1.00. The van der Waals surface area contributed by atoms with Gasteiger partial charge in [-0.3, -0.25) is 9.11 Å². The Balaban J connectivity index is 0.00000144. The van der Waals surface area contributed by atoms with Crippen LogP contribution in [0.25, 0.3) is 0 Å². The molecule has 1 aliphatic rings. The van der Waals surface area contributed by atoms with Gasteiger partial charge in [-0.15, -0.1) is 12.4 Å². The van der Waals surface area contributed by atoms with Gasteiger partial charge in [0.15, 0.2) is 0 Å². The van der Waals surface area contributed by atoms with E-state index in [0.29, 0.717) is 6.04 Å². The normalized spacial score (nSPS) is 32.2. The van der Waals surface area contributed by atoms with Gasteiger partial charge in [0.1, 0.15) is 0 Å². The van der Waals surface area contributed by atoms with Crippen molar-refractivity contribution >= 4 is 23.2 Å². The molecule has 0 bridgehead atoms. The molecule has 80 valence electrons. The Kier molecular flexibility index (Phi) is 6.12. The number of halogens is 1. The van der Waals surface area contributed by atoms with E-state index in [9.17, 15) is 4.21 Å². The van der Waals surface area contributed by atoms with Crippen molar-refractivity contribution in [2.75, 3.05) is 24.6 Å². The average molecular weight is 227 g/mol. The van der Waals surface area contributed by atoms with Crippen LogP contribution in [0.4, 0.5) is 0 Å². The highest BCUT2D eigenvalue weighted by molar-refractivity contribution is 7.85. The molecule has 0 aromatic carbocycles. The van der Waals surface area contributed by atoms with Gasteiger partial charge in [0.2, 0.25) is 0 Å². The minimum absolute atomic E-state index is 0. The molecule has 1 aliphatic heterocycles. The molecule has 3 atom stereocenters. The van der Waals surface area contributed by atoms with Crippen LogP contribution in [-0.4, -0.2) is 45.8 Å². The Morgan fingerprint density at radius 3 is 2.77 bits per heavy atom. The number of hydrogen-bond donors (Lipinski definition) is 1. The third-order valence-electron chi connectivity index (χ3n) is 2.18. The van der Waals surface area contributed by atoms with Crippen LogP contribution < -0.4 is 5.73 Å². The second-order valence-electron chi connectivity index (χ2n) is 3.63. The molecule has 0 spiro atoms. The van der Waals surface area contributed by atoms with Crippen LogP contribution in [0, 0.1) is 0 Å². The molecule has 0 radical (unpaired) electrons. The summed E-state index contributed by atoms with van der Waals surface area (Å²) >= 11 is 0.